The number of amidine groups is 1. The first-order valence-corrected chi connectivity index (χ1v) is 7.60. The van der Waals surface area contributed by atoms with Gasteiger partial charge < -0.3 is 10.1 Å². The van der Waals surface area contributed by atoms with Crippen molar-refractivity contribution in [1.82, 2.24) is 10.2 Å². The van der Waals surface area contributed by atoms with Crippen LogP contribution in [0.1, 0.15) is 24.8 Å². The maximum atomic E-state index is 12.4. The van der Waals surface area contributed by atoms with Gasteiger partial charge in [0, 0.05) is 13.1 Å². The molecule has 1 unspecified atom stereocenters. The average molecular weight is 287 g/mol. The van der Waals surface area contributed by atoms with E-state index in [-0.39, 0.29) is 12.1 Å². The van der Waals surface area contributed by atoms with Crippen LogP contribution in [0.15, 0.2) is 35.3 Å². The largest absolute Gasteiger partial charge is 0.445 e. The van der Waals surface area contributed by atoms with Gasteiger partial charge >= 0.3 is 6.09 Å². The minimum atomic E-state index is -0.236. The summed E-state index contributed by atoms with van der Waals surface area (Å²) < 4.78 is 5.46. The zero-order chi connectivity index (χ0) is 14.5. The molecule has 5 heteroatoms. The molecule has 1 atom stereocenters. The predicted molar refractivity (Wildman–Crippen MR) is 81.3 cm³/mol. The van der Waals surface area contributed by atoms with E-state index in [9.17, 15) is 4.79 Å². The highest BCUT2D eigenvalue weighted by Gasteiger charge is 2.32. The van der Waals surface area contributed by atoms with E-state index in [0.717, 1.165) is 50.3 Å². The summed E-state index contributed by atoms with van der Waals surface area (Å²) in [5.41, 5.74) is 1.01. The van der Waals surface area contributed by atoms with Crippen molar-refractivity contribution in [3.8, 4) is 0 Å². The van der Waals surface area contributed by atoms with Gasteiger partial charge in [-0.15, -0.1) is 0 Å². The van der Waals surface area contributed by atoms with Crippen LogP contribution in [0.5, 0.6) is 0 Å². The number of amides is 1. The van der Waals surface area contributed by atoms with Crippen LogP contribution in [0.2, 0.25) is 0 Å². The Bertz CT molecular complexity index is 516. The number of benzene rings is 1. The third-order valence-corrected chi connectivity index (χ3v) is 3.96. The number of rotatable bonds is 3. The number of likely N-dealkylation sites (tertiary alicyclic amines) is 1. The number of hydrogen-bond donors (Lipinski definition) is 1. The third-order valence-electron chi connectivity index (χ3n) is 3.96. The Morgan fingerprint density at radius 3 is 2.95 bits per heavy atom. The Kier molecular flexibility index (Phi) is 4.38. The molecule has 0 aliphatic carbocycles. The molecular weight excluding hydrogens is 266 g/mol. The second-order valence-corrected chi connectivity index (χ2v) is 5.44. The summed E-state index contributed by atoms with van der Waals surface area (Å²) in [7, 11) is 0. The fourth-order valence-electron chi connectivity index (χ4n) is 2.88. The molecule has 2 heterocycles. The minimum absolute atomic E-state index is 0.0597. The molecule has 1 saturated heterocycles. The second-order valence-electron chi connectivity index (χ2n) is 5.44. The average Bonchev–Trinajstić information content (AvgIpc) is 3.08. The van der Waals surface area contributed by atoms with Crippen molar-refractivity contribution in [2.75, 3.05) is 19.6 Å². The number of piperidine rings is 1. The Hall–Kier alpha value is -2.04. The number of nitrogens with one attached hydrogen (secondary N) is 1. The lowest BCUT2D eigenvalue weighted by Gasteiger charge is -2.34. The van der Waals surface area contributed by atoms with Crippen molar-refractivity contribution in [3.05, 3.63) is 35.9 Å². The number of nitrogens with zero attached hydrogens (tertiary/aromatic N) is 2. The van der Waals surface area contributed by atoms with Crippen LogP contribution in [-0.4, -0.2) is 42.5 Å². The van der Waals surface area contributed by atoms with Crippen molar-refractivity contribution < 1.29 is 9.53 Å². The number of ether oxygens (including phenoxy) is 1. The lowest BCUT2D eigenvalue weighted by atomic mass is 10.0. The molecule has 1 aromatic carbocycles. The van der Waals surface area contributed by atoms with Gasteiger partial charge in [-0.2, -0.15) is 0 Å². The summed E-state index contributed by atoms with van der Waals surface area (Å²) in [6.07, 6.45) is 2.89. The van der Waals surface area contributed by atoms with Crippen LogP contribution in [0.3, 0.4) is 0 Å². The summed E-state index contributed by atoms with van der Waals surface area (Å²) in [6, 6.07) is 9.83. The van der Waals surface area contributed by atoms with Crippen LogP contribution < -0.4 is 5.32 Å². The van der Waals surface area contributed by atoms with Gasteiger partial charge in [-0.3, -0.25) is 9.89 Å². The van der Waals surface area contributed by atoms with Crippen LogP contribution in [-0.2, 0) is 11.3 Å². The van der Waals surface area contributed by atoms with Gasteiger partial charge in [-0.25, -0.2) is 4.79 Å². The van der Waals surface area contributed by atoms with Crippen LogP contribution >= 0.6 is 0 Å². The van der Waals surface area contributed by atoms with Gasteiger partial charge in [0.2, 0.25) is 0 Å². The summed E-state index contributed by atoms with van der Waals surface area (Å²) in [4.78, 5) is 18.6. The zero-order valence-electron chi connectivity index (χ0n) is 12.1. The van der Waals surface area contributed by atoms with Crippen molar-refractivity contribution in [3.63, 3.8) is 0 Å². The molecule has 2 aliphatic heterocycles. The summed E-state index contributed by atoms with van der Waals surface area (Å²) >= 11 is 0. The molecule has 3 rings (SSSR count). The molecule has 1 fully saturated rings. The lowest BCUT2D eigenvalue weighted by Crippen LogP contribution is -2.51. The van der Waals surface area contributed by atoms with Gasteiger partial charge in [-0.05, 0) is 24.8 Å². The number of aliphatic imine (C=N–C) groups is 1. The number of hydrogen-bond acceptors (Lipinski definition) is 4. The zero-order valence-corrected chi connectivity index (χ0v) is 12.1. The van der Waals surface area contributed by atoms with Gasteiger partial charge in [0.1, 0.15) is 12.4 Å². The normalized spacial score (nSPS) is 21.6. The maximum Gasteiger partial charge on any atom is 0.410 e. The van der Waals surface area contributed by atoms with Gasteiger partial charge in [-0.1, -0.05) is 30.3 Å². The van der Waals surface area contributed by atoms with E-state index in [1.807, 2.05) is 35.2 Å². The molecule has 112 valence electrons. The van der Waals surface area contributed by atoms with Crippen LogP contribution in [0, 0.1) is 0 Å². The molecular formula is C16H21N3O2. The smallest absolute Gasteiger partial charge is 0.410 e. The Morgan fingerprint density at radius 1 is 1.33 bits per heavy atom. The quantitative estimate of drug-likeness (QED) is 0.927. The highest BCUT2D eigenvalue weighted by atomic mass is 16.6. The molecule has 1 aromatic rings. The van der Waals surface area contributed by atoms with Crippen LogP contribution in [0.25, 0.3) is 0 Å². The monoisotopic (exact) mass is 287 g/mol. The topological polar surface area (TPSA) is 53.9 Å². The summed E-state index contributed by atoms with van der Waals surface area (Å²) in [5.74, 6) is 0.950. The van der Waals surface area contributed by atoms with Crippen molar-refractivity contribution in [2.24, 2.45) is 4.99 Å². The molecule has 2 aliphatic rings. The first kappa shape index (κ1) is 13.9. The van der Waals surface area contributed by atoms with Crippen LogP contribution in [0.4, 0.5) is 4.79 Å². The predicted octanol–water partition coefficient (Wildman–Crippen LogP) is 2.18. The van der Waals surface area contributed by atoms with Crippen molar-refractivity contribution in [1.29, 1.82) is 0 Å². The van der Waals surface area contributed by atoms with Gasteiger partial charge in [0.05, 0.1) is 12.6 Å². The van der Waals surface area contributed by atoms with Crippen molar-refractivity contribution >= 4 is 11.9 Å². The molecule has 21 heavy (non-hydrogen) atoms. The van der Waals surface area contributed by atoms with Gasteiger partial charge in [0.15, 0.2) is 0 Å². The second kappa shape index (κ2) is 6.61. The summed E-state index contributed by atoms with van der Waals surface area (Å²) in [6.45, 7) is 2.75. The van der Waals surface area contributed by atoms with E-state index in [1.54, 1.807) is 0 Å². The molecule has 0 bridgehead atoms. The highest BCUT2D eigenvalue weighted by molar-refractivity contribution is 5.91. The molecule has 0 spiro atoms. The van der Waals surface area contributed by atoms with Crippen molar-refractivity contribution in [2.45, 2.75) is 31.9 Å². The fourth-order valence-corrected chi connectivity index (χ4v) is 2.88. The van der Waals surface area contributed by atoms with E-state index in [1.165, 1.54) is 0 Å². The lowest BCUT2D eigenvalue weighted by molar-refractivity contribution is 0.0803. The molecule has 5 nitrogen and oxygen atoms in total. The molecule has 0 aromatic heterocycles. The summed E-state index contributed by atoms with van der Waals surface area (Å²) in [5, 5.41) is 3.29. The fraction of sp³-hybridized carbons (Fsp3) is 0.500. The Balaban J connectivity index is 1.61. The minimum Gasteiger partial charge on any atom is -0.445 e. The SMILES string of the molecule is O=C(OCc1ccccc1)N1CCCCC1C1=NCCN1. The van der Waals surface area contributed by atoms with E-state index in [4.69, 9.17) is 4.74 Å². The molecule has 1 amide bonds. The maximum absolute atomic E-state index is 12.4. The van der Waals surface area contributed by atoms with E-state index < -0.39 is 0 Å². The van der Waals surface area contributed by atoms with E-state index >= 15 is 0 Å². The van der Waals surface area contributed by atoms with E-state index in [2.05, 4.69) is 10.3 Å². The Labute approximate surface area is 125 Å². The first-order valence-electron chi connectivity index (χ1n) is 7.60. The van der Waals surface area contributed by atoms with E-state index in [0.29, 0.717) is 6.61 Å². The molecule has 0 saturated carbocycles. The first-order chi connectivity index (χ1) is 10.3. The Morgan fingerprint density at radius 2 is 2.19 bits per heavy atom. The highest BCUT2D eigenvalue weighted by Crippen LogP contribution is 2.20. The number of carbonyl (C=O) groups excluding carboxylic acids is 1. The third kappa shape index (κ3) is 3.35. The number of carbonyl (C=O) groups is 1. The molecule has 1 N–H and O–H groups in total. The van der Waals surface area contributed by atoms with Gasteiger partial charge in [0.25, 0.3) is 0 Å². The molecule has 0 radical (unpaired) electrons. The standard InChI is InChI=1S/C16H21N3O2/c20-16(21-12-13-6-2-1-3-7-13)19-11-5-4-8-14(19)15-17-9-10-18-15/h1-3,6-7,14H,4-5,8-12H2,(H,17,18).